The van der Waals surface area contributed by atoms with Crippen molar-refractivity contribution in [2.45, 2.75) is 54.5 Å². The summed E-state index contributed by atoms with van der Waals surface area (Å²) in [5, 5.41) is 110. The number of aliphatic hydroxyl groups is 2. The first-order chi connectivity index (χ1) is 41.5. The van der Waals surface area contributed by atoms with E-state index in [1.54, 1.807) is 0 Å². The lowest BCUT2D eigenvalue weighted by Gasteiger charge is -2.31. The molecule has 0 saturated carbocycles. The third-order valence-electron chi connectivity index (χ3n) is 14.8. The molecule has 6 aliphatic rings. The molecular weight excluding hydrogens is 1180 g/mol. The molecule has 7 aromatic carbocycles. The SMILES string of the molecule is CNC(=O)C1NC(=O)C2NC(=O)C(NC(=O)C3NC(=O)C4NC(=O)C(NC(=O)C(N)c5ccc(O)c(c5)Oc5cc(O)cc4c5)C(O)c4ccc(c(Cl)c4)Oc4cc3cc(c4O)Oc3ccc(cc3Cl)C2O)c2cccc(O)c2-c2c(O)cc(O)cc21. The minimum absolute atomic E-state index is 0.0377. The van der Waals surface area contributed by atoms with Crippen LogP contribution in [0.15, 0.2) is 115 Å². The van der Waals surface area contributed by atoms with Crippen LogP contribution in [0.3, 0.4) is 0 Å². The Hall–Kier alpha value is -10.5. The molecule has 15 bridgehead atoms. The number of halogens is 2. The second-order valence-corrected chi connectivity index (χ2v) is 21.2. The minimum Gasteiger partial charge on any atom is -0.508 e. The average molecular weight is 1230 g/mol. The summed E-state index contributed by atoms with van der Waals surface area (Å²) < 4.78 is 18.4. The van der Waals surface area contributed by atoms with E-state index >= 15 is 14.4 Å². The molecular formula is C59H48Cl2N8O18. The normalized spacial score (nSPS) is 22.6. The number of aromatic hydroxyl groups is 6. The van der Waals surface area contributed by atoms with E-state index in [9.17, 15) is 60.0 Å². The molecule has 17 N–H and O–H groups in total. The van der Waals surface area contributed by atoms with Gasteiger partial charge in [0, 0.05) is 30.3 Å². The highest BCUT2D eigenvalue weighted by Crippen LogP contribution is 2.49. The second-order valence-electron chi connectivity index (χ2n) is 20.4. The summed E-state index contributed by atoms with van der Waals surface area (Å²) in [6.45, 7) is 0. The van der Waals surface area contributed by atoms with Gasteiger partial charge in [0.1, 0.15) is 94.7 Å². The molecule has 6 heterocycles. The largest absolute Gasteiger partial charge is 0.508 e. The monoisotopic (exact) mass is 1230 g/mol. The standard InChI is InChI=1S/C59H48Cl2N8O18/c1-63-54(79)47-30-19-27(71)20-35(74)42(30)41-29(3-2-4-34(41)73)46-57(82)69-49(59(84)67-47)51(76)23-7-10-37(32(61)14-23)87-40-17-25-16-39(52(40)77)86-36-9-6-22(13-31(36)60)50(75)48-58(83)65-44(55(80)64-45(25)56(81)66-46)24-11-26(70)18-28(12-24)85-38-15-21(5-8-33(38)72)43(62)53(78)68-48/h2-20,43-51,70-77H,62H2,1H3,(H,63,79)(H,64,80)(H,65,83)(H,66,81)(H,67,84)(H,68,78)(H,69,82). The molecule has 87 heavy (non-hydrogen) atoms. The highest BCUT2D eigenvalue weighted by molar-refractivity contribution is 6.32. The Balaban J connectivity index is 1.17. The van der Waals surface area contributed by atoms with Crippen LogP contribution in [0.2, 0.25) is 10.0 Å². The molecule has 0 aromatic heterocycles. The number of hydrogen-bond acceptors (Lipinski definition) is 19. The van der Waals surface area contributed by atoms with Gasteiger partial charge in [-0.25, -0.2) is 0 Å². The predicted octanol–water partition coefficient (Wildman–Crippen LogP) is 4.14. The number of amides is 7. The fraction of sp³-hybridized carbons (Fsp3) is 0.169. The summed E-state index contributed by atoms with van der Waals surface area (Å²) in [5.41, 5.74) is 3.71. The van der Waals surface area contributed by atoms with Crippen molar-refractivity contribution < 1.29 is 88.6 Å². The molecule has 0 aliphatic carbocycles. The molecule has 7 amide bonds. The van der Waals surface area contributed by atoms with Crippen LogP contribution in [0.5, 0.6) is 69.0 Å². The van der Waals surface area contributed by atoms with Gasteiger partial charge >= 0.3 is 0 Å². The molecule has 7 aromatic rings. The molecule has 9 atom stereocenters. The zero-order valence-corrected chi connectivity index (χ0v) is 46.2. The lowest BCUT2D eigenvalue weighted by atomic mass is 9.87. The first-order valence-electron chi connectivity index (χ1n) is 26.2. The van der Waals surface area contributed by atoms with Crippen molar-refractivity contribution in [1.29, 1.82) is 0 Å². The molecule has 6 aliphatic heterocycles. The Morgan fingerprint density at radius 1 is 0.471 bits per heavy atom. The number of ether oxygens (including phenoxy) is 3. The number of carbonyl (C=O) groups is 7. The number of hydrogen-bond donors (Lipinski definition) is 16. The summed E-state index contributed by atoms with van der Waals surface area (Å²) in [6, 6.07) is 7.07. The van der Waals surface area contributed by atoms with Gasteiger partial charge < -0.3 is 98.0 Å². The van der Waals surface area contributed by atoms with Crippen LogP contribution in [0, 0.1) is 0 Å². The maximum atomic E-state index is 15.9. The van der Waals surface area contributed by atoms with E-state index in [1.807, 2.05) is 0 Å². The number of likely N-dealkylation sites (N-methyl/N-ethyl adjacent to an activating group) is 1. The van der Waals surface area contributed by atoms with Crippen LogP contribution < -0.4 is 57.2 Å². The van der Waals surface area contributed by atoms with Crippen LogP contribution in [-0.4, -0.2) is 101 Å². The summed E-state index contributed by atoms with van der Waals surface area (Å²) in [4.78, 5) is 105. The van der Waals surface area contributed by atoms with Crippen LogP contribution in [0.1, 0.15) is 81.4 Å². The Morgan fingerprint density at radius 2 is 0.989 bits per heavy atom. The number of phenolic OH excluding ortho intramolecular Hbond substituents is 6. The Kier molecular flexibility index (Phi) is 15.3. The van der Waals surface area contributed by atoms with Crippen molar-refractivity contribution in [3.8, 4) is 80.1 Å². The van der Waals surface area contributed by atoms with E-state index in [1.165, 1.54) is 55.6 Å². The molecule has 13 rings (SSSR count). The van der Waals surface area contributed by atoms with Crippen molar-refractivity contribution in [3.63, 3.8) is 0 Å². The number of aliphatic hydroxyl groups excluding tert-OH is 2. The molecule has 9 unspecified atom stereocenters. The Morgan fingerprint density at radius 3 is 1.60 bits per heavy atom. The van der Waals surface area contributed by atoms with E-state index in [2.05, 4.69) is 37.2 Å². The van der Waals surface area contributed by atoms with Crippen molar-refractivity contribution >= 4 is 64.6 Å². The number of phenols is 6. The number of fused-ring (bicyclic) bond motifs is 13. The zero-order valence-electron chi connectivity index (χ0n) is 44.7. The molecule has 26 nitrogen and oxygen atoms in total. The van der Waals surface area contributed by atoms with Gasteiger partial charge in [-0.15, -0.1) is 0 Å². The third-order valence-corrected chi connectivity index (χ3v) is 15.4. The first kappa shape index (κ1) is 58.3. The highest BCUT2D eigenvalue weighted by Gasteiger charge is 2.43. The van der Waals surface area contributed by atoms with Gasteiger partial charge in [-0.1, -0.05) is 53.5 Å². The van der Waals surface area contributed by atoms with Gasteiger partial charge in [0.15, 0.2) is 23.0 Å². The molecule has 446 valence electrons. The fourth-order valence-electron chi connectivity index (χ4n) is 10.5. The number of nitrogens with one attached hydrogen (secondary N) is 7. The molecule has 0 radical (unpaired) electrons. The lowest BCUT2D eigenvalue weighted by Crippen LogP contribution is -2.55. The quantitative estimate of drug-likeness (QED) is 0.110. The molecule has 28 heteroatoms. The van der Waals surface area contributed by atoms with Gasteiger partial charge in [0.25, 0.3) is 0 Å². The number of nitrogens with two attached hydrogens (primary N) is 1. The van der Waals surface area contributed by atoms with Gasteiger partial charge in [0.2, 0.25) is 47.1 Å². The molecule has 0 saturated heterocycles. The summed E-state index contributed by atoms with van der Waals surface area (Å²) in [6.07, 6.45) is -4.13. The number of benzene rings is 7. The van der Waals surface area contributed by atoms with Gasteiger partial charge in [-0.3, -0.25) is 33.6 Å². The van der Waals surface area contributed by atoms with E-state index in [0.717, 1.165) is 66.7 Å². The van der Waals surface area contributed by atoms with Crippen LogP contribution >= 0.6 is 23.2 Å². The third kappa shape index (κ3) is 11.0. The van der Waals surface area contributed by atoms with Gasteiger partial charge in [-0.05, 0) is 112 Å². The fourth-order valence-corrected chi connectivity index (χ4v) is 11.0. The zero-order chi connectivity index (χ0) is 62.0. The second kappa shape index (κ2) is 22.8. The maximum Gasteiger partial charge on any atom is 0.248 e. The van der Waals surface area contributed by atoms with Crippen LogP contribution in [0.4, 0.5) is 0 Å². The smallest absolute Gasteiger partial charge is 0.248 e. The van der Waals surface area contributed by atoms with E-state index in [0.29, 0.717) is 0 Å². The maximum absolute atomic E-state index is 15.9. The molecule has 0 spiro atoms. The molecule has 0 fully saturated rings. The van der Waals surface area contributed by atoms with Gasteiger partial charge in [-0.2, -0.15) is 0 Å². The summed E-state index contributed by atoms with van der Waals surface area (Å²) in [7, 11) is 1.20. The topological polar surface area (TPSA) is 419 Å². The Bertz CT molecular complexity index is 4090. The predicted molar refractivity (Wildman–Crippen MR) is 303 cm³/mol. The van der Waals surface area contributed by atoms with E-state index in [-0.39, 0.29) is 66.4 Å². The van der Waals surface area contributed by atoms with Crippen molar-refractivity contribution in [1.82, 2.24) is 37.2 Å². The van der Waals surface area contributed by atoms with Crippen molar-refractivity contribution in [2.24, 2.45) is 5.73 Å². The first-order valence-corrected chi connectivity index (χ1v) is 26.9. The minimum atomic E-state index is -2.25. The highest BCUT2D eigenvalue weighted by atomic mass is 35.5. The van der Waals surface area contributed by atoms with Crippen molar-refractivity contribution in [3.05, 3.63) is 164 Å². The van der Waals surface area contributed by atoms with E-state index < -0.39 is 159 Å². The summed E-state index contributed by atoms with van der Waals surface area (Å²) >= 11 is 13.7. The van der Waals surface area contributed by atoms with E-state index in [4.69, 9.17) is 43.1 Å². The van der Waals surface area contributed by atoms with Gasteiger partial charge in [0.05, 0.1) is 10.0 Å². The lowest BCUT2D eigenvalue weighted by molar-refractivity contribution is -0.137. The van der Waals surface area contributed by atoms with Crippen LogP contribution in [0.25, 0.3) is 11.1 Å². The average Bonchev–Trinajstić information content (AvgIpc) is 3.56. The summed E-state index contributed by atoms with van der Waals surface area (Å²) in [5.74, 6) is -15.1. The number of rotatable bonds is 1. The number of carbonyl (C=O) groups excluding carboxylic acids is 7. The van der Waals surface area contributed by atoms with Crippen molar-refractivity contribution in [2.75, 3.05) is 7.05 Å². The Labute approximate surface area is 500 Å². The van der Waals surface area contributed by atoms with Crippen LogP contribution in [-0.2, 0) is 33.6 Å².